The van der Waals surface area contributed by atoms with Gasteiger partial charge in [0.15, 0.2) is 0 Å². The number of piperazine rings is 1. The number of rotatable bonds is 2. The molecule has 0 spiro atoms. The van der Waals surface area contributed by atoms with E-state index in [-0.39, 0.29) is 6.03 Å². The number of benzene rings is 1. The van der Waals surface area contributed by atoms with Crippen LogP contribution >= 0.6 is 0 Å². The van der Waals surface area contributed by atoms with Crippen LogP contribution in [0, 0.1) is 0 Å². The molecule has 0 unspecified atom stereocenters. The van der Waals surface area contributed by atoms with Crippen LogP contribution in [0.5, 0.6) is 0 Å². The molecule has 0 atom stereocenters. The van der Waals surface area contributed by atoms with Crippen molar-refractivity contribution >= 4 is 17.4 Å². The molecule has 5 nitrogen and oxygen atoms in total. The standard InChI is InChI=1S/C16H24N4O/c17-13-4-3-7-15(12-13)19-8-10-20(11-9-19)16(21)18-14-5-1-2-6-14/h3-4,7,12,14H,1-2,5-6,8-11,17H2,(H,18,21). The number of anilines is 2. The summed E-state index contributed by atoms with van der Waals surface area (Å²) in [5.74, 6) is 0. The maximum atomic E-state index is 12.2. The molecule has 114 valence electrons. The van der Waals surface area contributed by atoms with Gasteiger partial charge in [0, 0.05) is 43.6 Å². The molecule has 1 aromatic rings. The Kier molecular flexibility index (Phi) is 4.18. The molecule has 2 amide bonds. The first-order valence-electron chi connectivity index (χ1n) is 7.88. The number of nitrogens with zero attached hydrogens (tertiary/aromatic N) is 2. The first-order chi connectivity index (χ1) is 10.2. The van der Waals surface area contributed by atoms with E-state index < -0.39 is 0 Å². The average molecular weight is 288 g/mol. The van der Waals surface area contributed by atoms with Crippen molar-refractivity contribution in [3.63, 3.8) is 0 Å². The minimum atomic E-state index is 0.106. The highest BCUT2D eigenvalue weighted by atomic mass is 16.2. The Balaban J connectivity index is 1.51. The Morgan fingerprint density at radius 2 is 1.86 bits per heavy atom. The second kappa shape index (κ2) is 6.24. The summed E-state index contributed by atoms with van der Waals surface area (Å²) in [6.45, 7) is 3.27. The maximum Gasteiger partial charge on any atom is 0.317 e. The molecular weight excluding hydrogens is 264 g/mol. The van der Waals surface area contributed by atoms with Gasteiger partial charge < -0.3 is 20.9 Å². The van der Waals surface area contributed by atoms with E-state index in [1.165, 1.54) is 12.8 Å². The third kappa shape index (κ3) is 3.40. The number of hydrogen-bond acceptors (Lipinski definition) is 3. The monoisotopic (exact) mass is 288 g/mol. The van der Waals surface area contributed by atoms with Crippen molar-refractivity contribution in [3.05, 3.63) is 24.3 Å². The molecule has 1 heterocycles. The number of carbonyl (C=O) groups is 1. The fourth-order valence-corrected chi connectivity index (χ4v) is 3.23. The van der Waals surface area contributed by atoms with Crippen molar-refractivity contribution in [2.75, 3.05) is 36.8 Å². The molecule has 0 bridgehead atoms. The van der Waals surface area contributed by atoms with E-state index in [4.69, 9.17) is 5.73 Å². The van der Waals surface area contributed by atoms with Gasteiger partial charge >= 0.3 is 6.03 Å². The molecule has 0 radical (unpaired) electrons. The molecule has 2 fully saturated rings. The SMILES string of the molecule is Nc1cccc(N2CCN(C(=O)NC3CCCC3)CC2)c1. The molecule has 1 saturated carbocycles. The molecule has 0 aromatic heterocycles. The number of nitrogen functional groups attached to an aromatic ring is 1. The van der Waals surface area contributed by atoms with E-state index in [2.05, 4.69) is 16.3 Å². The number of hydrogen-bond donors (Lipinski definition) is 2. The molecule has 1 saturated heterocycles. The Hall–Kier alpha value is -1.91. The summed E-state index contributed by atoms with van der Waals surface area (Å²) in [5, 5.41) is 3.16. The molecule has 1 aromatic carbocycles. The lowest BCUT2D eigenvalue weighted by Crippen LogP contribution is -2.53. The fraction of sp³-hybridized carbons (Fsp3) is 0.562. The van der Waals surface area contributed by atoms with Gasteiger partial charge in [-0.05, 0) is 31.0 Å². The number of nitrogens with two attached hydrogens (primary N) is 1. The molecule has 3 rings (SSSR count). The first kappa shape index (κ1) is 14.0. The van der Waals surface area contributed by atoms with E-state index >= 15 is 0 Å². The second-order valence-corrected chi connectivity index (χ2v) is 6.00. The lowest BCUT2D eigenvalue weighted by molar-refractivity contribution is 0.190. The predicted octanol–water partition coefficient (Wildman–Crippen LogP) is 2.04. The van der Waals surface area contributed by atoms with Gasteiger partial charge in [0.25, 0.3) is 0 Å². The molecule has 2 aliphatic rings. The largest absolute Gasteiger partial charge is 0.399 e. The van der Waals surface area contributed by atoms with Crippen LogP contribution in [-0.2, 0) is 0 Å². The molecule has 1 aliphatic carbocycles. The number of amides is 2. The highest BCUT2D eigenvalue weighted by molar-refractivity contribution is 5.75. The van der Waals surface area contributed by atoms with E-state index in [0.29, 0.717) is 6.04 Å². The fourth-order valence-electron chi connectivity index (χ4n) is 3.23. The van der Waals surface area contributed by atoms with Crippen LogP contribution in [-0.4, -0.2) is 43.2 Å². The smallest absolute Gasteiger partial charge is 0.317 e. The van der Waals surface area contributed by atoms with Crippen molar-refractivity contribution in [3.8, 4) is 0 Å². The second-order valence-electron chi connectivity index (χ2n) is 6.00. The Morgan fingerprint density at radius 1 is 1.14 bits per heavy atom. The summed E-state index contributed by atoms with van der Waals surface area (Å²) in [4.78, 5) is 16.4. The van der Waals surface area contributed by atoms with Crippen molar-refractivity contribution in [1.82, 2.24) is 10.2 Å². The van der Waals surface area contributed by atoms with Crippen molar-refractivity contribution < 1.29 is 4.79 Å². The lowest BCUT2D eigenvalue weighted by Gasteiger charge is -2.36. The molecular formula is C16H24N4O. The highest BCUT2D eigenvalue weighted by Crippen LogP contribution is 2.20. The van der Waals surface area contributed by atoms with Gasteiger partial charge in [0.2, 0.25) is 0 Å². The summed E-state index contributed by atoms with van der Waals surface area (Å²) in [6, 6.07) is 8.44. The molecule has 5 heteroatoms. The van der Waals surface area contributed by atoms with Gasteiger partial charge in [0.1, 0.15) is 0 Å². The minimum absolute atomic E-state index is 0.106. The van der Waals surface area contributed by atoms with Gasteiger partial charge in [-0.15, -0.1) is 0 Å². The van der Waals surface area contributed by atoms with Gasteiger partial charge in [0.05, 0.1) is 0 Å². The van der Waals surface area contributed by atoms with Crippen LogP contribution < -0.4 is 16.0 Å². The predicted molar refractivity (Wildman–Crippen MR) is 85.4 cm³/mol. The van der Waals surface area contributed by atoms with Crippen molar-refractivity contribution in [2.24, 2.45) is 0 Å². The average Bonchev–Trinajstić information content (AvgIpc) is 3.00. The summed E-state index contributed by atoms with van der Waals surface area (Å²) in [6.07, 6.45) is 4.76. The van der Waals surface area contributed by atoms with Gasteiger partial charge in [-0.2, -0.15) is 0 Å². The zero-order valence-corrected chi connectivity index (χ0v) is 12.4. The van der Waals surface area contributed by atoms with Crippen LogP contribution in [0.1, 0.15) is 25.7 Å². The zero-order chi connectivity index (χ0) is 14.7. The summed E-state index contributed by atoms with van der Waals surface area (Å²) < 4.78 is 0. The van der Waals surface area contributed by atoms with Crippen molar-refractivity contribution in [2.45, 2.75) is 31.7 Å². The Bertz CT molecular complexity index is 491. The highest BCUT2D eigenvalue weighted by Gasteiger charge is 2.24. The normalized spacial score (nSPS) is 19.8. The van der Waals surface area contributed by atoms with Crippen LogP contribution in [0.4, 0.5) is 16.2 Å². The van der Waals surface area contributed by atoms with E-state index in [1.54, 1.807) is 0 Å². The number of carbonyl (C=O) groups excluding carboxylic acids is 1. The quantitative estimate of drug-likeness (QED) is 0.819. The summed E-state index contributed by atoms with van der Waals surface area (Å²) in [7, 11) is 0. The molecule has 21 heavy (non-hydrogen) atoms. The Morgan fingerprint density at radius 3 is 2.52 bits per heavy atom. The first-order valence-corrected chi connectivity index (χ1v) is 7.88. The molecule has 1 aliphatic heterocycles. The topological polar surface area (TPSA) is 61.6 Å². The summed E-state index contributed by atoms with van der Waals surface area (Å²) >= 11 is 0. The van der Waals surface area contributed by atoms with E-state index in [0.717, 1.165) is 50.4 Å². The number of urea groups is 1. The number of nitrogens with one attached hydrogen (secondary N) is 1. The summed E-state index contributed by atoms with van der Waals surface area (Å²) in [5.41, 5.74) is 7.76. The van der Waals surface area contributed by atoms with Gasteiger partial charge in [-0.3, -0.25) is 0 Å². The third-order valence-corrected chi connectivity index (χ3v) is 4.49. The van der Waals surface area contributed by atoms with Crippen LogP contribution in [0.15, 0.2) is 24.3 Å². The Labute approximate surface area is 126 Å². The van der Waals surface area contributed by atoms with Crippen molar-refractivity contribution in [1.29, 1.82) is 0 Å². The van der Waals surface area contributed by atoms with Crippen LogP contribution in [0.3, 0.4) is 0 Å². The van der Waals surface area contributed by atoms with Gasteiger partial charge in [-0.25, -0.2) is 4.79 Å². The maximum absolute atomic E-state index is 12.2. The molecule has 3 N–H and O–H groups in total. The van der Waals surface area contributed by atoms with E-state index in [1.807, 2.05) is 23.1 Å². The van der Waals surface area contributed by atoms with Crippen LogP contribution in [0.25, 0.3) is 0 Å². The minimum Gasteiger partial charge on any atom is -0.399 e. The third-order valence-electron chi connectivity index (χ3n) is 4.49. The lowest BCUT2D eigenvalue weighted by atomic mass is 10.2. The van der Waals surface area contributed by atoms with E-state index in [9.17, 15) is 4.79 Å². The van der Waals surface area contributed by atoms with Gasteiger partial charge in [-0.1, -0.05) is 18.9 Å². The zero-order valence-electron chi connectivity index (χ0n) is 12.4. The van der Waals surface area contributed by atoms with Crippen LogP contribution in [0.2, 0.25) is 0 Å².